The van der Waals surface area contributed by atoms with Crippen LogP contribution in [0.5, 0.6) is 0 Å². The van der Waals surface area contributed by atoms with Crippen LogP contribution < -0.4 is 10.6 Å². The van der Waals surface area contributed by atoms with E-state index in [2.05, 4.69) is 48.3 Å². The van der Waals surface area contributed by atoms with Gasteiger partial charge in [0.25, 0.3) is 0 Å². The van der Waals surface area contributed by atoms with Gasteiger partial charge in [0.1, 0.15) is 17.5 Å². The van der Waals surface area contributed by atoms with Gasteiger partial charge in [-0.25, -0.2) is 9.97 Å². The van der Waals surface area contributed by atoms with Gasteiger partial charge in [-0.2, -0.15) is 0 Å². The van der Waals surface area contributed by atoms with Crippen LogP contribution >= 0.6 is 0 Å². The van der Waals surface area contributed by atoms with E-state index >= 15 is 0 Å². The molecule has 5 heteroatoms. The smallest absolute Gasteiger partial charge is 0.132 e. The summed E-state index contributed by atoms with van der Waals surface area (Å²) in [5.41, 5.74) is -0.205. The third kappa shape index (κ3) is 5.74. The third-order valence-electron chi connectivity index (χ3n) is 2.88. The van der Waals surface area contributed by atoms with Crippen molar-refractivity contribution in [3.8, 4) is 0 Å². The van der Waals surface area contributed by atoms with Crippen molar-refractivity contribution in [3.05, 3.63) is 11.9 Å². The minimum Gasteiger partial charge on any atom is -0.374 e. The summed E-state index contributed by atoms with van der Waals surface area (Å²) in [5, 5.41) is 6.65. The molecule has 20 heavy (non-hydrogen) atoms. The lowest BCUT2D eigenvalue weighted by Crippen LogP contribution is -2.33. The van der Waals surface area contributed by atoms with E-state index in [-0.39, 0.29) is 5.60 Å². The number of nitrogens with zero attached hydrogens (tertiary/aromatic N) is 2. The molecule has 0 aliphatic heterocycles. The Hall–Kier alpha value is -1.36. The molecule has 0 aliphatic carbocycles. The summed E-state index contributed by atoms with van der Waals surface area (Å²) in [6.07, 6.45) is 1.90. The Labute approximate surface area is 122 Å². The monoisotopic (exact) mass is 280 g/mol. The van der Waals surface area contributed by atoms with Crippen LogP contribution in [0.1, 0.15) is 46.9 Å². The van der Waals surface area contributed by atoms with E-state index in [0.29, 0.717) is 13.2 Å². The largest absolute Gasteiger partial charge is 0.374 e. The quantitative estimate of drug-likeness (QED) is 0.728. The molecule has 0 saturated heterocycles. The Balaban J connectivity index is 2.73. The molecule has 5 nitrogen and oxygen atoms in total. The van der Waals surface area contributed by atoms with Crippen molar-refractivity contribution in [3.63, 3.8) is 0 Å². The summed E-state index contributed by atoms with van der Waals surface area (Å²) in [6, 6.07) is 1.96. The molecule has 1 heterocycles. The summed E-state index contributed by atoms with van der Waals surface area (Å²) in [4.78, 5) is 8.98. The molecule has 0 atom stereocenters. The SMILES string of the molecule is CCCNc1cc(NCC(C)(C)OCC)nc(CC)n1. The molecule has 1 aromatic heterocycles. The molecule has 0 saturated carbocycles. The first-order valence-corrected chi connectivity index (χ1v) is 7.50. The van der Waals surface area contributed by atoms with Crippen LogP contribution in [0, 0.1) is 0 Å². The highest BCUT2D eigenvalue weighted by Crippen LogP contribution is 2.15. The number of aromatic nitrogens is 2. The van der Waals surface area contributed by atoms with E-state index < -0.39 is 0 Å². The van der Waals surface area contributed by atoms with E-state index in [1.165, 1.54) is 0 Å². The van der Waals surface area contributed by atoms with Gasteiger partial charge in [0.05, 0.1) is 5.60 Å². The van der Waals surface area contributed by atoms with Crippen molar-refractivity contribution < 1.29 is 4.74 Å². The molecule has 114 valence electrons. The molecule has 1 rings (SSSR count). The van der Waals surface area contributed by atoms with Crippen LogP contribution in [0.4, 0.5) is 11.6 Å². The van der Waals surface area contributed by atoms with Crippen LogP contribution in [0.15, 0.2) is 6.07 Å². The molecule has 0 unspecified atom stereocenters. The van der Waals surface area contributed by atoms with Crippen LogP contribution in [-0.4, -0.2) is 35.3 Å². The molecule has 0 fully saturated rings. The summed E-state index contributed by atoms with van der Waals surface area (Å²) < 4.78 is 5.68. The number of hydrogen-bond acceptors (Lipinski definition) is 5. The lowest BCUT2D eigenvalue weighted by atomic mass is 10.1. The van der Waals surface area contributed by atoms with Crippen LogP contribution in [0.25, 0.3) is 0 Å². The van der Waals surface area contributed by atoms with Gasteiger partial charge in [0.15, 0.2) is 0 Å². The standard InChI is InChI=1S/C15H28N4O/c1-6-9-16-13-10-14(19-12(7-2)18-13)17-11-15(4,5)20-8-3/h10H,6-9,11H2,1-5H3,(H2,16,17,18,19). The molecule has 0 amide bonds. The lowest BCUT2D eigenvalue weighted by molar-refractivity contribution is 0.000638. The number of aryl methyl sites for hydroxylation is 1. The Kier molecular flexibility index (Phi) is 6.71. The maximum absolute atomic E-state index is 5.68. The Morgan fingerprint density at radius 3 is 2.30 bits per heavy atom. The molecular weight excluding hydrogens is 252 g/mol. The lowest BCUT2D eigenvalue weighted by Gasteiger charge is -2.25. The molecule has 0 radical (unpaired) electrons. The Morgan fingerprint density at radius 1 is 1.10 bits per heavy atom. The summed E-state index contributed by atoms with van der Waals surface area (Å²) >= 11 is 0. The van der Waals surface area contributed by atoms with Crippen molar-refractivity contribution >= 4 is 11.6 Å². The highest BCUT2D eigenvalue weighted by molar-refractivity contribution is 5.47. The van der Waals surface area contributed by atoms with Crippen molar-refractivity contribution in [2.45, 2.75) is 53.1 Å². The zero-order chi connectivity index (χ0) is 15.0. The molecule has 0 aliphatic rings. The van der Waals surface area contributed by atoms with Crippen molar-refractivity contribution in [2.24, 2.45) is 0 Å². The van der Waals surface area contributed by atoms with E-state index in [9.17, 15) is 0 Å². The van der Waals surface area contributed by atoms with Gasteiger partial charge < -0.3 is 15.4 Å². The zero-order valence-corrected chi connectivity index (χ0v) is 13.4. The topological polar surface area (TPSA) is 59.1 Å². The van der Waals surface area contributed by atoms with Crippen LogP contribution in [0.2, 0.25) is 0 Å². The van der Waals surface area contributed by atoms with Crippen LogP contribution in [0.3, 0.4) is 0 Å². The molecular formula is C15H28N4O. The maximum Gasteiger partial charge on any atom is 0.132 e. The normalized spacial score (nSPS) is 11.4. The number of nitrogens with one attached hydrogen (secondary N) is 2. The second-order valence-electron chi connectivity index (χ2n) is 5.38. The minimum atomic E-state index is -0.205. The van der Waals surface area contributed by atoms with E-state index in [1.807, 2.05) is 13.0 Å². The first-order chi connectivity index (χ1) is 9.50. The minimum absolute atomic E-state index is 0.205. The van der Waals surface area contributed by atoms with E-state index in [1.54, 1.807) is 0 Å². The highest BCUT2D eigenvalue weighted by atomic mass is 16.5. The fraction of sp³-hybridized carbons (Fsp3) is 0.733. The summed E-state index contributed by atoms with van der Waals surface area (Å²) in [5.74, 6) is 2.58. The Morgan fingerprint density at radius 2 is 1.75 bits per heavy atom. The average Bonchev–Trinajstić information content (AvgIpc) is 2.43. The van der Waals surface area contributed by atoms with Gasteiger partial charge in [-0.15, -0.1) is 0 Å². The maximum atomic E-state index is 5.68. The van der Waals surface area contributed by atoms with Crippen molar-refractivity contribution in [1.29, 1.82) is 0 Å². The average molecular weight is 280 g/mol. The molecule has 0 bridgehead atoms. The van der Waals surface area contributed by atoms with Gasteiger partial charge >= 0.3 is 0 Å². The van der Waals surface area contributed by atoms with Gasteiger partial charge in [0.2, 0.25) is 0 Å². The zero-order valence-electron chi connectivity index (χ0n) is 13.4. The molecule has 2 N–H and O–H groups in total. The van der Waals surface area contributed by atoms with Crippen molar-refractivity contribution in [2.75, 3.05) is 30.3 Å². The third-order valence-corrected chi connectivity index (χ3v) is 2.88. The second-order valence-corrected chi connectivity index (χ2v) is 5.38. The van der Waals surface area contributed by atoms with Gasteiger partial charge in [-0.05, 0) is 27.2 Å². The Bertz CT molecular complexity index is 407. The number of ether oxygens (including phenoxy) is 1. The van der Waals surface area contributed by atoms with E-state index in [0.717, 1.165) is 36.8 Å². The second kappa shape index (κ2) is 8.04. The number of rotatable bonds is 9. The van der Waals surface area contributed by atoms with Gasteiger partial charge in [0, 0.05) is 32.2 Å². The highest BCUT2D eigenvalue weighted by Gasteiger charge is 2.17. The molecule has 0 spiro atoms. The van der Waals surface area contributed by atoms with Gasteiger partial charge in [-0.1, -0.05) is 13.8 Å². The molecule has 1 aromatic rings. The summed E-state index contributed by atoms with van der Waals surface area (Å²) in [6.45, 7) is 12.7. The number of anilines is 2. The first-order valence-electron chi connectivity index (χ1n) is 7.50. The predicted octanol–water partition coefficient (Wildman–Crippen LogP) is 3.09. The van der Waals surface area contributed by atoms with Crippen molar-refractivity contribution in [1.82, 2.24) is 9.97 Å². The fourth-order valence-corrected chi connectivity index (χ4v) is 1.83. The van der Waals surface area contributed by atoms with Crippen LogP contribution in [-0.2, 0) is 11.2 Å². The summed E-state index contributed by atoms with van der Waals surface area (Å²) in [7, 11) is 0. The predicted molar refractivity (Wildman–Crippen MR) is 84.4 cm³/mol. The van der Waals surface area contributed by atoms with E-state index in [4.69, 9.17) is 4.74 Å². The number of hydrogen-bond donors (Lipinski definition) is 2. The first kappa shape index (κ1) is 16.7. The molecule has 0 aromatic carbocycles. The van der Waals surface area contributed by atoms with Gasteiger partial charge in [-0.3, -0.25) is 0 Å². The fourth-order valence-electron chi connectivity index (χ4n) is 1.83.